The molecule has 1 atom stereocenters. The minimum Gasteiger partial charge on any atom is -0.495 e. The first-order valence-electron chi connectivity index (χ1n) is 5.89. The summed E-state index contributed by atoms with van der Waals surface area (Å²) in [5, 5.41) is 12.3. The van der Waals surface area contributed by atoms with E-state index in [1.165, 1.54) is 0 Å². The number of carboxylic acids is 1. The van der Waals surface area contributed by atoms with E-state index in [9.17, 15) is 9.90 Å². The van der Waals surface area contributed by atoms with Crippen LogP contribution in [0.1, 0.15) is 11.6 Å². The number of nitrogens with one attached hydrogen (secondary N) is 1. The third kappa shape index (κ3) is 3.04. The lowest BCUT2D eigenvalue weighted by Crippen LogP contribution is -2.20. The van der Waals surface area contributed by atoms with Gasteiger partial charge in [-0.15, -0.1) is 0 Å². The molecule has 0 spiro atoms. The Morgan fingerprint density at radius 3 is 2.37 bits per heavy atom. The van der Waals surface area contributed by atoms with E-state index in [1.807, 2.05) is 30.3 Å². The van der Waals surface area contributed by atoms with Gasteiger partial charge in [-0.05, 0) is 17.7 Å². The summed E-state index contributed by atoms with van der Waals surface area (Å²) in [6, 6.07) is 15.5. The van der Waals surface area contributed by atoms with Crippen LogP contribution in [0.25, 0.3) is 0 Å². The summed E-state index contributed by atoms with van der Waals surface area (Å²) >= 11 is 0. The minimum atomic E-state index is -0.933. The molecule has 4 heteroatoms. The molecule has 0 saturated heterocycles. The lowest BCUT2D eigenvalue weighted by atomic mass is 10.1. The van der Waals surface area contributed by atoms with Crippen LogP contribution in [-0.2, 0) is 4.79 Å². The van der Waals surface area contributed by atoms with Crippen molar-refractivity contribution < 1.29 is 14.6 Å². The average Bonchev–Trinajstić information content (AvgIpc) is 2.45. The number of methoxy groups -OCH3 is 1. The van der Waals surface area contributed by atoms with Crippen LogP contribution in [0.3, 0.4) is 0 Å². The Labute approximate surface area is 111 Å². The monoisotopic (exact) mass is 257 g/mol. The van der Waals surface area contributed by atoms with E-state index in [0.717, 1.165) is 0 Å². The maximum atomic E-state index is 11.4. The zero-order valence-corrected chi connectivity index (χ0v) is 10.5. The quantitative estimate of drug-likeness (QED) is 0.864. The van der Waals surface area contributed by atoms with Crippen molar-refractivity contribution in [2.24, 2.45) is 0 Å². The van der Waals surface area contributed by atoms with Gasteiger partial charge in [-0.2, -0.15) is 0 Å². The van der Waals surface area contributed by atoms with Gasteiger partial charge in [0.25, 0.3) is 0 Å². The molecule has 19 heavy (non-hydrogen) atoms. The molecule has 0 saturated carbocycles. The van der Waals surface area contributed by atoms with E-state index in [1.54, 1.807) is 31.4 Å². The van der Waals surface area contributed by atoms with E-state index in [2.05, 4.69) is 5.32 Å². The summed E-state index contributed by atoms with van der Waals surface area (Å²) in [6.45, 7) is 0. The molecule has 2 rings (SSSR count). The largest absolute Gasteiger partial charge is 0.495 e. The van der Waals surface area contributed by atoms with Crippen LogP contribution < -0.4 is 10.1 Å². The summed E-state index contributed by atoms with van der Waals surface area (Å²) in [5.41, 5.74) is 1.35. The Kier molecular flexibility index (Phi) is 4.03. The molecule has 2 N–H and O–H groups in total. The van der Waals surface area contributed by atoms with Crippen molar-refractivity contribution in [1.29, 1.82) is 0 Å². The predicted octanol–water partition coefficient (Wildman–Crippen LogP) is 2.93. The zero-order valence-electron chi connectivity index (χ0n) is 10.5. The Morgan fingerprint density at radius 1 is 1.11 bits per heavy atom. The lowest BCUT2D eigenvalue weighted by Gasteiger charge is -2.18. The molecule has 0 amide bonds. The summed E-state index contributed by atoms with van der Waals surface area (Å²) in [6.07, 6.45) is 0. The molecular formula is C15H15NO3. The summed E-state index contributed by atoms with van der Waals surface area (Å²) in [7, 11) is 1.55. The molecule has 98 valence electrons. The Hall–Kier alpha value is -2.49. The highest BCUT2D eigenvalue weighted by molar-refractivity contribution is 5.80. The highest BCUT2D eigenvalue weighted by atomic mass is 16.5. The van der Waals surface area contributed by atoms with Crippen molar-refractivity contribution >= 4 is 11.7 Å². The highest BCUT2D eigenvalue weighted by Crippen LogP contribution is 2.27. The average molecular weight is 257 g/mol. The molecule has 0 radical (unpaired) electrons. The molecule has 2 aromatic rings. The van der Waals surface area contributed by atoms with Gasteiger partial charge in [-0.3, -0.25) is 0 Å². The second-order valence-corrected chi connectivity index (χ2v) is 4.03. The number of anilines is 1. The zero-order chi connectivity index (χ0) is 13.7. The van der Waals surface area contributed by atoms with Gasteiger partial charge in [0.05, 0.1) is 12.8 Å². The third-order valence-corrected chi connectivity index (χ3v) is 2.79. The first-order chi connectivity index (χ1) is 9.22. The number of hydrogen-bond acceptors (Lipinski definition) is 3. The summed E-state index contributed by atoms with van der Waals surface area (Å²) in [5.74, 6) is -0.318. The van der Waals surface area contributed by atoms with Gasteiger partial charge in [0.1, 0.15) is 5.75 Å². The second kappa shape index (κ2) is 5.91. The van der Waals surface area contributed by atoms with Crippen molar-refractivity contribution in [3.8, 4) is 5.75 Å². The van der Waals surface area contributed by atoms with Crippen LogP contribution >= 0.6 is 0 Å². The Balaban J connectivity index is 2.30. The molecule has 0 aliphatic heterocycles. The number of hydrogen-bond donors (Lipinski definition) is 2. The van der Waals surface area contributed by atoms with Crippen molar-refractivity contribution in [1.82, 2.24) is 0 Å². The van der Waals surface area contributed by atoms with Crippen LogP contribution in [0.4, 0.5) is 5.69 Å². The maximum absolute atomic E-state index is 11.4. The van der Waals surface area contributed by atoms with Gasteiger partial charge in [-0.1, -0.05) is 42.5 Å². The van der Waals surface area contributed by atoms with Gasteiger partial charge in [0, 0.05) is 0 Å². The number of carboxylic acid groups (broad SMARTS) is 1. The van der Waals surface area contributed by atoms with Gasteiger partial charge in [0.15, 0.2) is 6.04 Å². The highest BCUT2D eigenvalue weighted by Gasteiger charge is 2.20. The first-order valence-corrected chi connectivity index (χ1v) is 5.89. The Morgan fingerprint density at radius 2 is 1.74 bits per heavy atom. The smallest absolute Gasteiger partial charge is 0.330 e. The van der Waals surface area contributed by atoms with Gasteiger partial charge in [-0.25, -0.2) is 4.79 Å². The molecule has 0 fully saturated rings. The van der Waals surface area contributed by atoms with Crippen molar-refractivity contribution in [2.75, 3.05) is 12.4 Å². The topological polar surface area (TPSA) is 58.6 Å². The fourth-order valence-corrected chi connectivity index (χ4v) is 1.85. The number of rotatable bonds is 5. The van der Waals surface area contributed by atoms with E-state index in [0.29, 0.717) is 17.0 Å². The van der Waals surface area contributed by atoms with E-state index in [4.69, 9.17) is 4.74 Å². The van der Waals surface area contributed by atoms with E-state index in [-0.39, 0.29) is 0 Å². The van der Waals surface area contributed by atoms with Gasteiger partial charge < -0.3 is 15.2 Å². The number of aliphatic carboxylic acids is 1. The molecule has 2 aromatic carbocycles. The number of carbonyl (C=O) groups is 1. The van der Waals surface area contributed by atoms with Gasteiger partial charge in [0.2, 0.25) is 0 Å². The Bertz CT molecular complexity index is 554. The second-order valence-electron chi connectivity index (χ2n) is 4.03. The first kappa shape index (κ1) is 13.0. The van der Waals surface area contributed by atoms with Crippen molar-refractivity contribution in [3.05, 3.63) is 60.2 Å². The predicted molar refractivity (Wildman–Crippen MR) is 73.4 cm³/mol. The fraction of sp³-hybridized carbons (Fsp3) is 0.133. The molecule has 0 aliphatic carbocycles. The number of para-hydroxylation sites is 2. The standard InChI is InChI=1S/C15H15NO3/c1-19-13-10-6-5-9-12(13)16-14(15(17)18)11-7-3-2-4-8-11/h2-10,14,16H,1H3,(H,17,18)/t14-/m0/s1. The van der Waals surface area contributed by atoms with Crippen LogP contribution in [-0.4, -0.2) is 18.2 Å². The third-order valence-electron chi connectivity index (χ3n) is 2.79. The molecule has 4 nitrogen and oxygen atoms in total. The summed E-state index contributed by atoms with van der Waals surface area (Å²) < 4.78 is 5.21. The van der Waals surface area contributed by atoms with Crippen molar-refractivity contribution in [3.63, 3.8) is 0 Å². The SMILES string of the molecule is COc1ccccc1N[C@H](C(=O)O)c1ccccc1. The normalized spacial score (nSPS) is 11.6. The van der Waals surface area contributed by atoms with Crippen LogP contribution in [0.5, 0.6) is 5.75 Å². The summed E-state index contributed by atoms with van der Waals surface area (Å²) in [4.78, 5) is 11.4. The molecule has 0 heterocycles. The molecular weight excluding hydrogens is 242 g/mol. The molecule has 0 aromatic heterocycles. The number of benzene rings is 2. The van der Waals surface area contributed by atoms with Crippen LogP contribution in [0, 0.1) is 0 Å². The molecule has 0 aliphatic rings. The minimum absolute atomic E-state index is 0.615. The van der Waals surface area contributed by atoms with E-state index >= 15 is 0 Å². The maximum Gasteiger partial charge on any atom is 0.330 e. The van der Waals surface area contributed by atoms with E-state index < -0.39 is 12.0 Å². The number of ether oxygens (including phenoxy) is 1. The molecule has 0 unspecified atom stereocenters. The van der Waals surface area contributed by atoms with Crippen LogP contribution in [0.2, 0.25) is 0 Å². The molecule has 0 bridgehead atoms. The fourth-order valence-electron chi connectivity index (χ4n) is 1.85. The van der Waals surface area contributed by atoms with Crippen molar-refractivity contribution in [2.45, 2.75) is 6.04 Å². The van der Waals surface area contributed by atoms with Crippen LogP contribution in [0.15, 0.2) is 54.6 Å². The van der Waals surface area contributed by atoms with Gasteiger partial charge >= 0.3 is 5.97 Å². The lowest BCUT2D eigenvalue weighted by molar-refractivity contribution is -0.138.